The van der Waals surface area contributed by atoms with E-state index in [1.54, 1.807) is 17.1 Å². The summed E-state index contributed by atoms with van der Waals surface area (Å²) in [5.74, 6) is 0. The zero-order valence-corrected chi connectivity index (χ0v) is 8.30. The largest absolute Gasteiger partial charge is 0.389 e. The average molecular weight is 221 g/mol. The number of nitrogens with zero attached hydrogens (tertiary/aromatic N) is 2. The molecule has 0 radical (unpaired) electrons. The van der Waals surface area contributed by atoms with Crippen molar-refractivity contribution in [2.75, 3.05) is 6.54 Å². The fraction of sp³-hybridized carbons (Fsp3) is 0.667. The lowest BCUT2D eigenvalue weighted by Gasteiger charge is -2.05. The van der Waals surface area contributed by atoms with Crippen LogP contribution in [0.25, 0.3) is 0 Å². The van der Waals surface area contributed by atoms with Gasteiger partial charge in [-0.2, -0.15) is 13.2 Å². The molecule has 0 spiro atoms. The van der Waals surface area contributed by atoms with E-state index in [1.165, 1.54) is 0 Å². The van der Waals surface area contributed by atoms with E-state index in [2.05, 4.69) is 4.98 Å². The Morgan fingerprint density at radius 1 is 1.40 bits per heavy atom. The topological polar surface area (TPSA) is 43.8 Å². The third kappa shape index (κ3) is 4.83. The van der Waals surface area contributed by atoms with Crippen molar-refractivity contribution in [3.63, 3.8) is 0 Å². The Morgan fingerprint density at radius 3 is 2.73 bits per heavy atom. The van der Waals surface area contributed by atoms with Gasteiger partial charge in [0, 0.05) is 25.6 Å². The van der Waals surface area contributed by atoms with Crippen molar-refractivity contribution in [2.24, 2.45) is 5.73 Å². The van der Waals surface area contributed by atoms with E-state index >= 15 is 0 Å². The van der Waals surface area contributed by atoms with E-state index in [0.29, 0.717) is 19.5 Å². The van der Waals surface area contributed by atoms with Crippen LogP contribution < -0.4 is 5.73 Å². The lowest BCUT2D eigenvalue weighted by molar-refractivity contribution is -0.135. The van der Waals surface area contributed by atoms with Crippen LogP contribution in [0.4, 0.5) is 13.2 Å². The number of alkyl halides is 3. The van der Waals surface area contributed by atoms with Gasteiger partial charge < -0.3 is 10.3 Å². The van der Waals surface area contributed by atoms with Gasteiger partial charge in [0.05, 0.1) is 12.0 Å². The molecule has 0 saturated carbocycles. The highest BCUT2D eigenvalue weighted by atomic mass is 19.4. The molecule has 1 heterocycles. The van der Waals surface area contributed by atoms with Crippen LogP contribution >= 0.6 is 0 Å². The Bertz CT molecular complexity index is 293. The van der Waals surface area contributed by atoms with E-state index in [-0.39, 0.29) is 6.42 Å². The number of rotatable bonds is 5. The summed E-state index contributed by atoms with van der Waals surface area (Å²) in [5.41, 5.74) is 6.15. The zero-order chi connectivity index (χ0) is 11.3. The first-order chi connectivity index (χ1) is 7.01. The van der Waals surface area contributed by atoms with Crippen LogP contribution in [0.3, 0.4) is 0 Å². The lowest BCUT2D eigenvalue weighted by Crippen LogP contribution is -2.08. The Morgan fingerprint density at radius 2 is 2.13 bits per heavy atom. The molecule has 1 aromatic heterocycles. The van der Waals surface area contributed by atoms with Crippen molar-refractivity contribution >= 4 is 0 Å². The van der Waals surface area contributed by atoms with Gasteiger partial charge >= 0.3 is 6.18 Å². The van der Waals surface area contributed by atoms with E-state index in [0.717, 1.165) is 5.69 Å². The van der Waals surface area contributed by atoms with E-state index in [9.17, 15) is 13.2 Å². The minimum atomic E-state index is -4.07. The number of hydrogen-bond acceptors (Lipinski definition) is 2. The summed E-state index contributed by atoms with van der Waals surface area (Å²) in [7, 11) is 0. The first kappa shape index (κ1) is 12.0. The second-order valence-corrected chi connectivity index (χ2v) is 3.36. The number of aryl methyl sites for hydroxylation is 1. The highest BCUT2D eigenvalue weighted by Gasteiger charge is 2.25. The molecule has 0 bridgehead atoms. The van der Waals surface area contributed by atoms with Crippen LogP contribution in [-0.4, -0.2) is 22.3 Å². The number of imidazole rings is 1. The van der Waals surface area contributed by atoms with Gasteiger partial charge in [-0.1, -0.05) is 0 Å². The third-order valence-corrected chi connectivity index (χ3v) is 1.96. The quantitative estimate of drug-likeness (QED) is 0.822. The van der Waals surface area contributed by atoms with Crippen molar-refractivity contribution < 1.29 is 13.2 Å². The molecule has 0 amide bonds. The summed E-state index contributed by atoms with van der Waals surface area (Å²) >= 11 is 0. The number of hydrogen-bond donors (Lipinski definition) is 1. The maximum atomic E-state index is 11.8. The van der Waals surface area contributed by atoms with Crippen molar-refractivity contribution in [2.45, 2.75) is 32.0 Å². The van der Waals surface area contributed by atoms with Gasteiger partial charge in [-0.05, 0) is 13.0 Å². The smallest absolute Gasteiger partial charge is 0.337 e. The highest BCUT2D eigenvalue weighted by molar-refractivity contribution is 4.96. The molecule has 0 aliphatic heterocycles. The van der Waals surface area contributed by atoms with E-state index in [4.69, 9.17) is 5.73 Å². The second-order valence-electron chi connectivity index (χ2n) is 3.36. The van der Waals surface area contributed by atoms with Gasteiger partial charge in [0.2, 0.25) is 0 Å². The van der Waals surface area contributed by atoms with Crippen LogP contribution in [-0.2, 0) is 13.0 Å². The maximum absolute atomic E-state index is 11.8. The van der Waals surface area contributed by atoms with Gasteiger partial charge in [0.25, 0.3) is 0 Å². The van der Waals surface area contributed by atoms with Gasteiger partial charge in [-0.3, -0.25) is 0 Å². The first-order valence-corrected chi connectivity index (χ1v) is 4.79. The fourth-order valence-corrected chi connectivity index (χ4v) is 1.27. The fourth-order valence-electron chi connectivity index (χ4n) is 1.27. The van der Waals surface area contributed by atoms with Crippen LogP contribution in [0.15, 0.2) is 12.5 Å². The molecule has 0 unspecified atom stereocenters. The minimum absolute atomic E-state index is 0.0852. The molecular weight excluding hydrogens is 207 g/mol. The molecule has 0 atom stereocenters. The molecule has 86 valence electrons. The van der Waals surface area contributed by atoms with E-state index in [1.807, 2.05) is 0 Å². The summed E-state index contributed by atoms with van der Waals surface area (Å²) in [6, 6.07) is 0. The molecule has 0 aliphatic carbocycles. The monoisotopic (exact) mass is 221 g/mol. The summed E-state index contributed by atoms with van der Waals surface area (Å²) in [4.78, 5) is 4.02. The molecule has 1 rings (SSSR count). The van der Waals surface area contributed by atoms with Crippen molar-refractivity contribution in [1.29, 1.82) is 0 Å². The average Bonchev–Trinajstić information content (AvgIpc) is 2.51. The van der Waals surface area contributed by atoms with Crippen LogP contribution in [0.1, 0.15) is 18.5 Å². The maximum Gasteiger partial charge on any atom is 0.389 e. The van der Waals surface area contributed by atoms with Crippen LogP contribution in [0.2, 0.25) is 0 Å². The Kier molecular flexibility index (Phi) is 4.14. The molecular formula is C9H14F3N3. The summed E-state index contributed by atoms with van der Waals surface area (Å²) in [5, 5.41) is 0. The van der Waals surface area contributed by atoms with Crippen LogP contribution in [0.5, 0.6) is 0 Å². The summed E-state index contributed by atoms with van der Waals surface area (Å²) < 4.78 is 37.2. The molecule has 0 aromatic carbocycles. The number of nitrogens with two attached hydrogens (primary N) is 1. The normalized spacial score (nSPS) is 12.0. The standard InChI is InChI=1S/C9H14F3N3/c10-9(11,12)3-1-5-15-6-8(2-4-13)14-7-15/h6-7H,1-5,13H2. The predicted octanol–water partition coefficient (Wildman–Crippen LogP) is 1.73. The summed E-state index contributed by atoms with van der Waals surface area (Å²) in [6.45, 7) is 0.844. The highest BCUT2D eigenvalue weighted by Crippen LogP contribution is 2.21. The molecule has 0 fully saturated rings. The van der Waals surface area contributed by atoms with Crippen LogP contribution in [0, 0.1) is 0 Å². The third-order valence-electron chi connectivity index (χ3n) is 1.96. The van der Waals surface area contributed by atoms with Gasteiger partial charge in [-0.25, -0.2) is 4.98 Å². The molecule has 3 nitrogen and oxygen atoms in total. The van der Waals surface area contributed by atoms with Crippen molar-refractivity contribution in [3.05, 3.63) is 18.2 Å². The van der Waals surface area contributed by atoms with Gasteiger partial charge in [0.15, 0.2) is 0 Å². The lowest BCUT2D eigenvalue weighted by atomic mass is 10.3. The molecule has 0 saturated heterocycles. The molecule has 6 heteroatoms. The van der Waals surface area contributed by atoms with Crippen molar-refractivity contribution in [3.8, 4) is 0 Å². The molecule has 15 heavy (non-hydrogen) atoms. The Balaban J connectivity index is 2.31. The second kappa shape index (κ2) is 5.16. The first-order valence-electron chi connectivity index (χ1n) is 4.79. The minimum Gasteiger partial charge on any atom is -0.337 e. The number of halogens is 3. The molecule has 2 N–H and O–H groups in total. The SMILES string of the molecule is NCCc1cn(CCCC(F)(F)F)cn1. The predicted molar refractivity (Wildman–Crippen MR) is 50.3 cm³/mol. The Labute approximate surface area is 86.1 Å². The van der Waals surface area contributed by atoms with Gasteiger partial charge in [-0.15, -0.1) is 0 Å². The van der Waals surface area contributed by atoms with E-state index < -0.39 is 12.6 Å². The Hall–Kier alpha value is -1.04. The molecule has 1 aromatic rings. The number of aromatic nitrogens is 2. The zero-order valence-electron chi connectivity index (χ0n) is 8.30. The van der Waals surface area contributed by atoms with Gasteiger partial charge in [0.1, 0.15) is 0 Å². The van der Waals surface area contributed by atoms with Crippen molar-refractivity contribution in [1.82, 2.24) is 9.55 Å². The summed E-state index contributed by atoms with van der Waals surface area (Å²) in [6.07, 6.45) is -0.795. The molecule has 0 aliphatic rings.